The van der Waals surface area contributed by atoms with Gasteiger partial charge in [0.15, 0.2) is 11.5 Å². The number of imidazole rings is 1. The number of nitrogens with zero attached hydrogens (tertiary/aromatic N) is 8. The van der Waals surface area contributed by atoms with E-state index >= 15 is 0 Å². The number of aliphatic carboxylic acids is 2. The summed E-state index contributed by atoms with van der Waals surface area (Å²) in [6.07, 6.45) is -5.08. The van der Waals surface area contributed by atoms with Crippen molar-refractivity contribution in [3.8, 4) is 0 Å². The predicted octanol–water partition coefficient (Wildman–Crippen LogP) is 16.6. The molecule has 5 rings (SSSR count). The van der Waals surface area contributed by atoms with Gasteiger partial charge >= 0.3 is 82.6 Å². The number of fused-ring (bicyclic) bond motifs is 1. The molecule has 0 saturated carbocycles. The third-order valence-electron chi connectivity index (χ3n) is 7.69. The Balaban J connectivity index is -0.0000000697. The summed E-state index contributed by atoms with van der Waals surface area (Å²) in [5.41, 5.74) is 11.9. The Bertz CT molecular complexity index is 3050. The number of aryl methyl sites for hydroxylation is 1. The average molecular weight is 2010 g/mol. The Hall–Kier alpha value is 6.93. The number of Topliss-reactive ketones (excluding diaryl/α,β-unsaturated/α-hetero) is 1. The molecule has 8 N–H and O–H groups in total. The molecule has 546 valence electrons. The van der Waals surface area contributed by atoms with Gasteiger partial charge < -0.3 is 48.5 Å². The predicted molar refractivity (Wildman–Crippen MR) is 464 cm³/mol. The molecule has 95 heavy (non-hydrogen) atoms. The van der Waals surface area contributed by atoms with Crippen LogP contribution in [0.25, 0.3) is 11.2 Å². The molecule has 24 nitrogen and oxygen atoms in total. The number of carbonyl (C=O) groups is 4. The van der Waals surface area contributed by atoms with Crippen LogP contribution in [0.2, 0.25) is 25.8 Å². The minimum atomic E-state index is -5.08. The van der Waals surface area contributed by atoms with E-state index in [-0.39, 0.29) is 207 Å². The van der Waals surface area contributed by atoms with Crippen LogP contribution in [0.5, 0.6) is 0 Å². The number of hydrogen-bond acceptors (Lipinski definition) is 19. The Morgan fingerprint density at radius 3 is 1.28 bits per heavy atom. The minimum Gasteiger partial charge on any atom is -1.00 e. The normalized spacial score (nSPS) is 11.1. The summed E-state index contributed by atoms with van der Waals surface area (Å²) in [4.78, 5) is 77.8. The first-order valence-corrected chi connectivity index (χ1v) is 68.2. The number of carbonyl (C=O) groups excluding carboxylic acids is 2. The Morgan fingerprint density at radius 1 is 0.674 bits per heavy atom. The van der Waals surface area contributed by atoms with Crippen molar-refractivity contribution >= 4 is 338 Å². The molecule has 5 heterocycles. The number of carboxylic acids is 2. The van der Waals surface area contributed by atoms with Crippen LogP contribution in [0.1, 0.15) is 37.4 Å². The number of alkyl halides is 5. The first-order chi connectivity index (χ1) is 47.4. The van der Waals surface area contributed by atoms with Crippen LogP contribution >= 0.6 is 274 Å². The van der Waals surface area contributed by atoms with Gasteiger partial charge in [0, 0.05) is 73.5 Å². The van der Waals surface area contributed by atoms with E-state index in [0.29, 0.717) is 27.7 Å². The number of aromatic nitrogens is 6. The number of hydrogen-bond donors (Lipinski definition) is 6. The monoisotopic (exact) mass is 2000 g/mol. The van der Waals surface area contributed by atoms with E-state index in [1.807, 2.05) is 17.7 Å². The molecular weight excluding hydrogens is 1920 g/mol. The maximum Gasteiger partial charge on any atom is 1.00 e. The molecule has 5 aromatic rings. The van der Waals surface area contributed by atoms with Gasteiger partial charge in [-0.1, -0.05) is 58.0 Å². The van der Waals surface area contributed by atoms with E-state index in [2.05, 4.69) is 162 Å². The van der Waals surface area contributed by atoms with E-state index in [9.17, 15) is 38.2 Å². The molecule has 0 radical (unpaired) electrons. The zero-order chi connectivity index (χ0) is 83.3. The van der Waals surface area contributed by atoms with Gasteiger partial charge in [0.05, 0.1) is 27.3 Å². The second-order valence-electron chi connectivity index (χ2n) is 14.3. The fourth-order valence-electron chi connectivity index (χ4n) is 4.35. The van der Waals surface area contributed by atoms with Crippen LogP contribution < -0.4 is 86.5 Å². The van der Waals surface area contributed by atoms with Crippen molar-refractivity contribution in [3.05, 3.63) is 100 Å². The second kappa shape index (κ2) is 67.8. The summed E-state index contributed by atoms with van der Waals surface area (Å²) in [5, 5.41) is 50.0. The Morgan fingerprint density at radius 2 is 1.00 bits per heavy atom. The van der Waals surface area contributed by atoms with Crippen molar-refractivity contribution in [2.75, 3.05) is 43.4 Å². The van der Waals surface area contributed by atoms with E-state index < -0.39 is 28.0 Å². The molecule has 0 saturated heterocycles. The smallest absolute Gasteiger partial charge is 1.00 e. The summed E-state index contributed by atoms with van der Waals surface area (Å²) >= 11 is 38.4. The van der Waals surface area contributed by atoms with Crippen LogP contribution in [0, 0.1) is 20.2 Å². The van der Waals surface area contributed by atoms with Crippen LogP contribution in [0.15, 0.2) is 48.5 Å². The Kier molecular flexibility index (Phi) is 75.7. The fraction of sp³-hybridized carbons (Fsp3) is 0.265. The molecule has 0 aromatic carbocycles. The maximum atomic E-state index is 10.6. The molecule has 0 bridgehead atoms. The van der Waals surface area contributed by atoms with Gasteiger partial charge in [-0.05, 0) is 127 Å². The van der Waals surface area contributed by atoms with Crippen molar-refractivity contribution < 1.29 is 156 Å². The molecule has 0 aliphatic rings. The largest absolute Gasteiger partial charge is 1.00 e. The standard InChI is InChI=1S/C8H7Cl2N3.C6H6ClN3O2.C6H8ClN3.C5H2Cl2N2O2.C3H5ClO.C2HF3O2.C2H4O2.CH5N.CH2O3.Fe.2Na.H26P24.6H2.H/c1-13-7(4-9)11-5-2-3-6(10)12-8(5)13;1-8-6-4(10(11)12)2-3-5(7)9-6;1-9-6-4(8)2-3-5(7)10-6;6-4-2-1-3(9(10)11)5(7)8-4;1-3(5)2-4;3-2(4,5)1(6)7;1-2(3)4;1-2;2-1-4-3;;;;1-14(2)20(13)23(19(11)12)24(21(15(3)4)16(5)6)22(17(7)8)18(9)10;;;;;;;/h2-3H,4H2,1H3;2-3H,1H3,(H,8,9);2-3H,8H2,1H3,(H,9,10);1-2H;2H2,1H3;(H,6,7);1H3,(H,3,4);2H2,1H3;1,3H;;;;1-13H2;6*1H;/q;;;;;;;;;;2*+1;;;;;;;;-1/p-1/i;;;;;;;;;;;;;5*1+1D;1+1;. The molecule has 61 heteroatoms. The van der Waals surface area contributed by atoms with Crippen molar-refractivity contribution in [3.63, 3.8) is 0 Å². The summed E-state index contributed by atoms with van der Waals surface area (Å²) < 4.78 is 83.6. The van der Waals surface area contributed by atoms with Crippen molar-refractivity contribution in [2.24, 2.45) is 12.8 Å². The molecule has 5 aromatic heterocycles. The summed E-state index contributed by atoms with van der Waals surface area (Å²) in [6, 6.07) is 12.1. The van der Waals surface area contributed by atoms with Gasteiger partial charge in [-0.25, -0.2) is 29.7 Å². The summed E-state index contributed by atoms with van der Waals surface area (Å²) in [6.45, 7) is 2.73. The first-order valence-electron chi connectivity index (χ1n) is 27.4. The number of nitrogens with two attached hydrogens (primary N) is 2. The zero-order valence-corrected chi connectivity index (χ0v) is 85.6. The fourth-order valence-corrected chi connectivity index (χ4v) is 295. The molecule has 0 spiro atoms. The van der Waals surface area contributed by atoms with Crippen LogP contribution in [-0.2, 0) is 54.1 Å². The SMILES string of the molecule is CC(=O)CCl.CC(=O)O.CN.CNc1nc(Cl)ccc1N.CNc1nc(Cl)ccc1[N+](=O)[O-].Cn1c(CCl)nc2ccc(Cl)nc21.O=C(O)C(F)(F)F.O=CO[O-].O=[N+]([O-])c1ccc(Cl)nc1Cl.PP(P)P(P)P(P(P)P)P(P(P(P)P)P(P)P)P(P(P)P)P(P)P.[2HH].[2H][2H].[2H][2H].[2H][2H].[2H][2H].[2H][2H].[Fe].[H-].[Na+].[Na+]. The second-order valence-corrected chi connectivity index (χ2v) is 112. The topological polar surface area (TPSA) is 373 Å². The van der Waals surface area contributed by atoms with E-state index in [1.165, 1.54) is 38.2 Å². The van der Waals surface area contributed by atoms with Gasteiger partial charge in [0.2, 0.25) is 11.0 Å². The third kappa shape index (κ3) is 55.1. The molecule has 15 unspecified atom stereocenters. The number of anilines is 3. The van der Waals surface area contributed by atoms with E-state index in [0.717, 1.165) is 23.9 Å². The van der Waals surface area contributed by atoms with Crippen LogP contribution in [0.3, 0.4) is 0 Å². The minimum absolute atomic E-state index is 0. The molecule has 0 amide bonds. The first kappa shape index (κ1) is 106. The van der Waals surface area contributed by atoms with Crippen LogP contribution in [-0.4, -0.2) is 107 Å². The maximum absolute atomic E-state index is 10.6. The van der Waals surface area contributed by atoms with Crippen molar-refractivity contribution in [2.45, 2.75) is 25.9 Å². The Labute approximate surface area is 699 Å². The van der Waals surface area contributed by atoms with E-state index in [4.69, 9.17) is 132 Å². The average Bonchev–Trinajstić information content (AvgIpc) is 1.45. The van der Waals surface area contributed by atoms with Crippen molar-refractivity contribution in [1.29, 1.82) is 0 Å². The van der Waals surface area contributed by atoms with Gasteiger partial charge in [-0.2, -0.15) is 13.2 Å². The molecule has 0 aliphatic carbocycles. The third-order valence-corrected chi connectivity index (χ3v) is 164. The molecular formula is C34H78Cl7F3FeN12Na2O12P24. The number of rotatable bonds is 17. The van der Waals surface area contributed by atoms with Gasteiger partial charge in [0.1, 0.15) is 37.7 Å². The number of pyridine rings is 4. The summed E-state index contributed by atoms with van der Waals surface area (Å²) in [7, 11) is 48.4. The van der Waals surface area contributed by atoms with Gasteiger partial charge in [-0.3, -0.25) is 34.6 Å². The quantitative estimate of drug-likeness (QED) is 0.00736. The number of ketones is 1. The number of nitrogen functional groups attached to an aromatic ring is 1. The van der Waals surface area contributed by atoms with E-state index in [1.54, 1.807) is 32.3 Å². The number of nitro groups is 2. The summed E-state index contributed by atoms with van der Waals surface area (Å²) in [5.74, 6) is -1.46. The number of carboxylic acid groups (broad SMARTS) is 2. The molecule has 15 atom stereocenters. The molecule has 0 fully saturated rings. The number of nitrogens with one attached hydrogen (secondary N) is 2. The van der Waals surface area contributed by atoms with Crippen molar-refractivity contribution in [1.82, 2.24) is 29.5 Å². The zero-order valence-electron chi connectivity index (χ0n) is 61.4. The number of halogens is 10. The molecule has 0 aliphatic heterocycles. The van der Waals surface area contributed by atoms with Gasteiger partial charge in [-0.15, -0.1) is 139 Å². The van der Waals surface area contributed by atoms with Crippen LogP contribution in [0.4, 0.5) is 41.9 Å². The van der Waals surface area contributed by atoms with Gasteiger partial charge in [0.25, 0.3) is 12.4 Å².